The van der Waals surface area contributed by atoms with Crippen molar-refractivity contribution in [3.63, 3.8) is 0 Å². The second kappa shape index (κ2) is 7.98. The molecule has 1 aliphatic rings. The Bertz CT molecular complexity index is 937. The smallest absolute Gasteiger partial charge is 0.251 e. The standard InChI is InChI=1S/C19H22N2O5S/c1-26-17-9-8-14(12-18(17)27(24,25)21-10-4-5-11-21)19(23)20-13-15-6-2-3-7-16(15)22/h2-3,6-9,12,22H,4-5,10-11,13H2,1H3,(H,20,23). The van der Waals surface area contributed by atoms with E-state index in [9.17, 15) is 18.3 Å². The largest absolute Gasteiger partial charge is 0.508 e. The van der Waals surface area contributed by atoms with E-state index in [1.165, 1.54) is 35.7 Å². The van der Waals surface area contributed by atoms with Gasteiger partial charge in [-0.2, -0.15) is 4.31 Å². The van der Waals surface area contributed by atoms with Gasteiger partial charge in [0.15, 0.2) is 0 Å². The number of rotatable bonds is 6. The summed E-state index contributed by atoms with van der Waals surface area (Å²) in [5.41, 5.74) is 0.785. The Hall–Kier alpha value is -2.58. The molecule has 0 aromatic heterocycles. The lowest BCUT2D eigenvalue weighted by atomic mass is 10.1. The molecule has 1 saturated heterocycles. The van der Waals surface area contributed by atoms with Gasteiger partial charge in [0.05, 0.1) is 7.11 Å². The van der Waals surface area contributed by atoms with Gasteiger partial charge in [-0.3, -0.25) is 4.79 Å². The summed E-state index contributed by atoms with van der Waals surface area (Å²) in [6.07, 6.45) is 1.64. The molecule has 0 atom stereocenters. The minimum absolute atomic E-state index is 0.0119. The van der Waals surface area contributed by atoms with Crippen LogP contribution in [0, 0.1) is 0 Å². The number of aromatic hydroxyl groups is 1. The number of carbonyl (C=O) groups is 1. The number of phenols is 1. The average molecular weight is 390 g/mol. The van der Waals surface area contributed by atoms with Crippen LogP contribution in [-0.2, 0) is 16.6 Å². The van der Waals surface area contributed by atoms with Crippen LogP contribution < -0.4 is 10.1 Å². The molecule has 144 valence electrons. The van der Waals surface area contributed by atoms with Crippen molar-refractivity contribution in [2.75, 3.05) is 20.2 Å². The first-order valence-electron chi connectivity index (χ1n) is 8.67. The molecule has 27 heavy (non-hydrogen) atoms. The Morgan fingerprint density at radius 3 is 2.56 bits per heavy atom. The molecule has 1 amide bonds. The number of methoxy groups -OCH3 is 1. The summed E-state index contributed by atoms with van der Waals surface area (Å²) in [5, 5.41) is 12.5. The average Bonchev–Trinajstić information content (AvgIpc) is 3.22. The number of ether oxygens (including phenoxy) is 1. The highest BCUT2D eigenvalue weighted by Gasteiger charge is 2.30. The van der Waals surface area contributed by atoms with Crippen molar-refractivity contribution in [2.45, 2.75) is 24.3 Å². The third-order valence-corrected chi connectivity index (χ3v) is 6.46. The highest BCUT2D eigenvalue weighted by molar-refractivity contribution is 7.89. The zero-order valence-electron chi connectivity index (χ0n) is 15.0. The van der Waals surface area contributed by atoms with Crippen molar-refractivity contribution in [3.05, 3.63) is 53.6 Å². The molecule has 0 saturated carbocycles. The van der Waals surface area contributed by atoms with Gasteiger partial charge in [0.1, 0.15) is 16.4 Å². The molecule has 7 nitrogen and oxygen atoms in total. The molecular formula is C19H22N2O5S. The molecule has 0 radical (unpaired) electrons. The van der Waals surface area contributed by atoms with Crippen LogP contribution in [0.15, 0.2) is 47.4 Å². The predicted octanol–water partition coefficient (Wildman–Crippen LogP) is 2.12. The number of para-hydroxylation sites is 1. The third kappa shape index (κ3) is 4.06. The van der Waals surface area contributed by atoms with Gasteiger partial charge >= 0.3 is 0 Å². The van der Waals surface area contributed by atoms with Gasteiger partial charge in [-0.1, -0.05) is 18.2 Å². The van der Waals surface area contributed by atoms with Crippen molar-refractivity contribution < 1.29 is 23.1 Å². The second-order valence-electron chi connectivity index (χ2n) is 6.29. The first-order valence-corrected chi connectivity index (χ1v) is 10.1. The fraction of sp³-hybridized carbons (Fsp3) is 0.316. The van der Waals surface area contributed by atoms with E-state index in [0.29, 0.717) is 18.7 Å². The molecule has 1 aliphatic heterocycles. The van der Waals surface area contributed by atoms with Gasteiger partial charge in [-0.15, -0.1) is 0 Å². The zero-order chi connectivity index (χ0) is 19.4. The van der Waals surface area contributed by atoms with E-state index in [1.54, 1.807) is 18.2 Å². The number of hydrogen-bond donors (Lipinski definition) is 2. The molecule has 1 fully saturated rings. The third-order valence-electron chi connectivity index (χ3n) is 4.54. The van der Waals surface area contributed by atoms with Crippen molar-refractivity contribution in [3.8, 4) is 11.5 Å². The van der Waals surface area contributed by atoms with E-state index in [-0.39, 0.29) is 28.5 Å². The molecule has 1 heterocycles. The normalized spacial score (nSPS) is 14.9. The molecular weight excluding hydrogens is 368 g/mol. The van der Waals surface area contributed by atoms with E-state index < -0.39 is 15.9 Å². The number of phenolic OH excluding ortho intramolecular Hbond substituents is 1. The minimum atomic E-state index is -3.72. The lowest BCUT2D eigenvalue weighted by Gasteiger charge is -2.18. The van der Waals surface area contributed by atoms with Gasteiger partial charge in [-0.25, -0.2) is 8.42 Å². The quantitative estimate of drug-likeness (QED) is 0.788. The van der Waals surface area contributed by atoms with Crippen LogP contribution in [0.2, 0.25) is 0 Å². The Labute approximate surface area is 158 Å². The molecule has 0 unspecified atom stereocenters. The fourth-order valence-electron chi connectivity index (χ4n) is 3.02. The molecule has 0 spiro atoms. The van der Waals surface area contributed by atoms with E-state index >= 15 is 0 Å². The van der Waals surface area contributed by atoms with Crippen LogP contribution in [0.5, 0.6) is 11.5 Å². The Kier molecular flexibility index (Phi) is 5.67. The SMILES string of the molecule is COc1ccc(C(=O)NCc2ccccc2O)cc1S(=O)(=O)N1CCCC1. The first-order chi connectivity index (χ1) is 12.9. The summed E-state index contributed by atoms with van der Waals surface area (Å²) in [7, 11) is -2.32. The van der Waals surface area contributed by atoms with Gasteiger partial charge in [-0.05, 0) is 37.1 Å². The molecule has 2 aromatic carbocycles. The number of hydrogen-bond acceptors (Lipinski definition) is 5. The number of amides is 1. The Morgan fingerprint density at radius 1 is 1.19 bits per heavy atom. The van der Waals surface area contributed by atoms with Gasteiger partial charge < -0.3 is 15.2 Å². The van der Waals surface area contributed by atoms with Crippen LogP contribution in [0.4, 0.5) is 0 Å². The van der Waals surface area contributed by atoms with Crippen LogP contribution in [0.25, 0.3) is 0 Å². The second-order valence-corrected chi connectivity index (χ2v) is 8.19. The lowest BCUT2D eigenvalue weighted by Crippen LogP contribution is -2.29. The number of nitrogens with zero attached hydrogens (tertiary/aromatic N) is 1. The number of benzene rings is 2. The lowest BCUT2D eigenvalue weighted by molar-refractivity contribution is 0.0950. The molecule has 3 rings (SSSR count). The van der Waals surface area contributed by atoms with Gasteiger partial charge in [0.2, 0.25) is 10.0 Å². The van der Waals surface area contributed by atoms with Crippen molar-refractivity contribution >= 4 is 15.9 Å². The van der Waals surface area contributed by atoms with Crippen molar-refractivity contribution in [2.24, 2.45) is 0 Å². The van der Waals surface area contributed by atoms with E-state index in [2.05, 4.69) is 5.32 Å². The van der Waals surface area contributed by atoms with Crippen LogP contribution >= 0.6 is 0 Å². The fourth-order valence-corrected chi connectivity index (χ4v) is 4.72. The highest BCUT2D eigenvalue weighted by atomic mass is 32.2. The molecule has 0 aliphatic carbocycles. The van der Waals surface area contributed by atoms with Crippen LogP contribution in [-0.4, -0.2) is 43.9 Å². The summed E-state index contributed by atoms with van der Waals surface area (Å²) in [4.78, 5) is 12.5. The number of sulfonamides is 1. The first kappa shape index (κ1) is 19.2. The summed E-state index contributed by atoms with van der Waals surface area (Å²) < 4.78 is 32.4. The van der Waals surface area contributed by atoms with E-state index in [1.807, 2.05) is 0 Å². The summed E-state index contributed by atoms with van der Waals surface area (Å²) in [6, 6.07) is 11.0. The zero-order valence-corrected chi connectivity index (χ0v) is 15.8. The predicted molar refractivity (Wildman–Crippen MR) is 100 cm³/mol. The number of carbonyl (C=O) groups excluding carboxylic acids is 1. The minimum Gasteiger partial charge on any atom is -0.508 e. The molecule has 0 bridgehead atoms. The Morgan fingerprint density at radius 2 is 1.89 bits per heavy atom. The summed E-state index contributed by atoms with van der Waals surface area (Å²) >= 11 is 0. The van der Waals surface area contributed by atoms with Gasteiger partial charge in [0.25, 0.3) is 5.91 Å². The molecule has 2 N–H and O–H groups in total. The highest BCUT2D eigenvalue weighted by Crippen LogP contribution is 2.30. The van der Waals surface area contributed by atoms with Crippen LogP contribution in [0.1, 0.15) is 28.8 Å². The number of nitrogens with one attached hydrogen (secondary N) is 1. The Balaban J connectivity index is 1.84. The maximum Gasteiger partial charge on any atom is 0.251 e. The maximum atomic E-state index is 12.9. The summed E-state index contributed by atoms with van der Waals surface area (Å²) in [6.45, 7) is 1.07. The maximum absolute atomic E-state index is 12.9. The van der Waals surface area contributed by atoms with Crippen molar-refractivity contribution in [1.82, 2.24) is 9.62 Å². The van der Waals surface area contributed by atoms with Gasteiger partial charge in [0, 0.05) is 30.8 Å². The molecule has 8 heteroatoms. The monoisotopic (exact) mass is 390 g/mol. The topological polar surface area (TPSA) is 95.9 Å². The van der Waals surface area contributed by atoms with Crippen molar-refractivity contribution in [1.29, 1.82) is 0 Å². The van der Waals surface area contributed by atoms with E-state index in [0.717, 1.165) is 12.8 Å². The summed E-state index contributed by atoms with van der Waals surface area (Å²) in [5.74, 6) is -0.136. The molecule has 2 aromatic rings. The van der Waals surface area contributed by atoms with E-state index in [4.69, 9.17) is 4.74 Å². The van der Waals surface area contributed by atoms with Crippen LogP contribution in [0.3, 0.4) is 0 Å².